The van der Waals surface area contributed by atoms with Crippen molar-refractivity contribution in [3.8, 4) is 0 Å². The molecule has 0 aliphatic heterocycles. The number of hydrogen-bond donors (Lipinski definition) is 0. The Morgan fingerprint density at radius 2 is 2.00 bits per heavy atom. The van der Waals surface area contributed by atoms with Crippen LogP contribution in [0.1, 0.15) is 0 Å². The molecule has 27 valence electrons. The van der Waals surface area contributed by atoms with Crippen molar-refractivity contribution in [1.82, 2.24) is 0 Å². The molecule has 1 unspecified atom stereocenters. The van der Waals surface area contributed by atoms with Crippen LogP contribution in [0.3, 0.4) is 0 Å². The first-order valence-corrected chi connectivity index (χ1v) is 1.63. The molecule has 0 N–H and O–H groups in total. The fraction of sp³-hybridized carbons (Fsp3) is 1.00. The van der Waals surface area contributed by atoms with Crippen molar-refractivity contribution in [3.63, 3.8) is 0 Å². The second-order valence-electron chi connectivity index (χ2n) is 0.287. The van der Waals surface area contributed by atoms with Crippen molar-refractivity contribution in [2.45, 2.75) is 0 Å². The summed E-state index contributed by atoms with van der Waals surface area (Å²) in [6.45, 7) is 0. The van der Waals surface area contributed by atoms with Gasteiger partial charge in [-0.3, -0.25) is 0 Å². The van der Waals surface area contributed by atoms with Gasteiger partial charge in [0.05, 0.1) is 7.11 Å². The van der Waals surface area contributed by atoms with Gasteiger partial charge >= 0.3 is 8.69 Å². The van der Waals surface area contributed by atoms with E-state index in [9.17, 15) is 0 Å². The molecule has 0 heterocycles. The van der Waals surface area contributed by atoms with E-state index in [0.29, 0.717) is 0 Å². The van der Waals surface area contributed by atoms with E-state index in [1.54, 1.807) is 0 Å². The Bertz CT molecular complexity index is 23.6. The summed E-state index contributed by atoms with van der Waals surface area (Å²) >= 11 is 0. The van der Waals surface area contributed by atoms with Gasteiger partial charge < -0.3 is 0 Å². The van der Waals surface area contributed by atoms with Crippen LogP contribution in [-0.2, 0) is 41.8 Å². The zero-order valence-electron chi connectivity index (χ0n) is 2.89. The van der Waals surface area contributed by atoms with Gasteiger partial charge in [-0.05, 0) is 4.57 Å². The van der Waals surface area contributed by atoms with E-state index in [1.165, 1.54) is 7.11 Å². The van der Waals surface area contributed by atoms with Crippen LogP contribution in [0.25, 0.3) is 0 Å². The van der Waals surface area contributed by atoms with Crippen LogP contribution in [0.5, 0.6) is 0 Å². The third kappa shape index (κ3) is 11.0. The summed E-state index contributed by atoms with van der Waals surface area (Å²) in [5.74, 6) is 0. The average Bonchev–Trinajstić information content (AvgIpc) is 1.37. The summed E-state index contributed by atoms with van der Waals surface area (Å²) in [6, 6.07) is 0. The Labute approximate surface area is 57.4 Å². The quantitative estimate of drug-likeness (QED) is 0.535. The third-order valence-corrected chi connectivity index (χ3v) is 0.250. The smallest absolute Gasteiger partial charge is 0.151 e. The van der Waals surface area contributed by atoms with Gasteiger partial charge in [0.2, 0.25) is 0 Å². The monoisotopic (exact) mass is 168 g/mol. The van der Waals surface area contributed by atoms with E-state index in [2.05, 4.69) is 4.52 Å². The molecule has 0 fully saturated rings. The van der Waals surface area contributed by atoms with Gasteiger partial charge in [-0.25, -0.2) is 0 Å². The summed E-state index contributed by atoms with van der Waals surface area (Å²) in [5, 5.41) is 0. The molecule has 0 saturated heterocycles. The Morgan fingerprint density at radius 1 is 1.80 bits per heavy atom. The van der Waals surface area contributed by atoms with Gasteiger partial charge in [-0.2, -0.15) is 4.52 Å². The maximum absolute atomic E-state index is 9.10. The molecule has 0 saturated carbocycles. The number of rotatable bonds is 1. The molecule has 1 radical (unpaired) electrons. The first kappa shape index (κ1) is 9.48. The van der Waals surface area contributed by atoms with Gasteiger partial charge in [-0.15, -0.1) is 0 Å². The van der Waals surface area contributed by atoms with Crippen molar-refractivity contribution in [1.29, 1.82) is 0 Å². The van der Waals surface area contributed by atoms with E-state index in [0.717, 1.165) is 0 Å². The first-order valence-electron chi connectivity index (χ1n) is 0.816. The second-order valence-corrected chi connectivity index (χ2v) is 0.862. The molecule has 4 heteroatoms. The average molecular weight is 168 g/mol. The summed E-state index contributed by atoms with van der Waals surface area (Å²) in [7, 11) is 0.771. The normalized spacial score (nSPS) is 6.60. The zero-order chi connectivity index (χ0) is 3.41. The van der Waals surface area contributed by atoms with Gasteiger partial charge in [-0.1, -0.05) is 0 Å². The molecule has 0 aliphatic carbocycles. The molecule has 1 atom stereocenters. The van der Waals surface area contributed by atoms with Crippen LogP contribution in [-0.4, -0.2) is 7.11 Å². The molecule has 0 aromatic rings. The molecule has 5 heavy (non-hydrogen) atoms. The molecular weight excluding hydrogens is 164 g/mol. The minimum Gasteiger partial charge on any atom is -0.151 e. The Balaban J connectivity index is 0. The predicted octanol–water partition coefficient (Wildman–Crippen LogP) is 0.569. The van der Waals surface area contributed by atoms with Gasteiger partial charge in [0.15, 0.2) is 0 Å². The van der Waals surface area contributed by atoms with Crippen molar-refractivity contribution in [2.75, 3.05) is 7.11 Å². The van der Waals surface area contributed by atoms with Crippen LogP contribution >= 0.6 is 8.69 Å². The van der Waals surface area contributed by atoms with Gasteiger partial charge in [0, 0.05) is 32.7 Å². The van der Waals surface area contributed by atoms with E-state index >= 15 is 0 Å². The maximum atomic E-state index is 9.10. The molecule has 0 bridgehead atoms. The summed E-state index contributed by atoms with van der Waals surface area (Å²) < 4.78 is 13.1. The second kappa shape index (κ2) is 8.94. The van der Waals surface area contributed by atoms with Gasteiger partial charge in [0.1, 0.15) is 0 Å². The molecule has 0 spiro atoms. The minimum absolute atomic E-state index is 0. The summed E-state index contributed by atoms with van der Waals surface area (Å²) in [6.07, 6.45) is 0. The third-order valence-electron chi connectivity index (χ3n) is 0.0833. The fourth-order valence-electron chi connectivity index (χ4n) is 0. The summed E-state index contributed by atoms with van der Waals surface area (Å²) in [5.41, 5.74) is 0. The van der Waals surface area contributed by atoms with Crippen molar-refractivity contribution >= 4 is 8.69 Å². The summed E-state index contributed by atoms with van der Waals surface area (Å²) in [4.78, 5) is 0. The van der Waals surface area contributed by atoms with E-state index in [-0.39, 0.29) is 32.7 Å². The molecule has 0 rings (SSSR count). The standard InChI is InChI=1S/CH4O2P.Y/c1-3-4-2;/h4H,1H3;/q+1;. The molecule has 0 aromatic heterocycles. The Hall–Kier alpha value is 1.16. The Morgan fingerprint density at radius 3 is 2.00 bits per heavy atom. The van der Waals surface area contributed by atoms with Crippen molar-refractivity contribution in [2.24, 2.45) is 0 Å². The van der Waals surface area contributed by atoms with E-state index in [1.807, 2.05) is 0 Å². The largest absolute Gasteiger partial charge is 0.493 e. The minimum atomic E-state index is -0.610. The van der Waals surface area contributed by atoms with E-state index < -0.39 is 8.69 Å². The van der Waals surface area contributed by atoms with Crippen LogP contribution in [0.15, 0.2) is 0 Å². The topological polar surface area (TPSA) is 26.3 Å². The molecule has 0 amide bonds. The molecule has 0 aromatic carbocycles. The maximum Gasteiger partial charge on any atom is 0.493 e. The molecular formula is CH4O2PY+. The van der Waals surface area contributed by atoms with Crippen LogP contribution in [0, 0.1) is 0 Å². The van der Waals surface area contributed by atoms with Crippen LogP contribution in [0.4, 0.5) is 0 Å². The number of hydrogen-bond acceptors (Lipinski definition) is 2. The van der Waals surface area contributed by atoms with Crippen molar-refractivity contribution in [3.05, 3.63) is 0 Å². The zero-order valence-corrected chi connectivity index (χ0v) is 6.73. The van der Waals surface area contributed by atoms with Crippen LogP contribution in [0.2, 0.25) is 0 Å². The van der Waals surface area contributed by atoms with Gasteiger partial charge in [0.25, 0.3) is 0 Å². The van der Waals surface area contributed by atoms with E-state index in [4.69, 9.17) is 4.57 Å². The first-order chi connectivity index (χ1) is 1.91. The SMILES string of the molecule is CO[PH+]=O.[Y]. The van der Waals surface area contributed by atoms with Crippen molar-refractivity contribution < 1.29 is 41.8 Å². The fourth-order valence-corrected chi connectivity index (χ4v) is 0. The Kier molecular flexibility index (Phi) is 17.0. The van der Waals surface area contributed by atoms with Crippen LogP contribution < -0.4 is 0 Å². The molecule has 0 aliphatic rings. The molecule has 2 nitrogen and oxygen atoms in total. The predicted molar refractivity (Wildman–Crippen MR) is 16.0 cm³/mol.